The number of nitrogens with one attached hydrogen (secondary N) is 1. The van der Waals surface area contributed by atoms with Crippen LogP contribution in [-0.2, 0) is 0 Å². The molecule has 4 nitrogen and oxygen atoms in total. The van der Waals surface area contributed by atoms with Crippen LogP contribution in [0.3, 0.4) is 0 Å². The highest BCUT2D eigenvalue weighted by molar-refractivity contribution is 9.10. The van der Waals surface area contributed by atoms with Gasteiger partial charge >= 0.3 is 0 Å². The summed E-state index contributed by atoms with van der Waals surface area (Å²) in [5.74, 6) is 1.60. The summed E-state index contributed by atoms with van der Waals surface area (Å²) >= 11 is 5.35. The highest BCUT2D eigenvalue weighted by atomic mass is 79.9. The molecule has 3 rings (SSSR count). The predicted octanol–water partition coefficient (Wildman–Crippen LogP) is 4.37. The monoisotopic (exact) mass is 468 g/mol. The van der Waals surface area contributed by atoms with Gasteiger partial charge in [-0.3, -0.25) is 4.90 Å². The molecule has 1 atom stereocenters. The number of methoxy groups -OCH3 is 2. The van der Waals surface area contributed by atoms with E-state index in [4.69, 9.17) is 9.47 Å². The molecule has 1 aliphatic heterocycles. The summed E-state index contributed by atoms with van der Waals surface area (Å²) in [6.07, 6.45) is 0. The zero-order chi connectivity index (χ0) is 16.2. The summed E-state index contributed by atoms with van der Waals surface area (Å²) in [4.78, 5) is 3.86. The number of hydrogen-bond acceptors (Lipinski definition) is 5. The van der Waals surface area contributed by atoms with E-state index in [1.54, 1.807) is 25.6 Å². The minimum Gasteiger partial charge on any atom is -0.495 e. The van der Waals surface area contributed by atoms with Crippen molar-refractivity contribution < 1.29 is 9.47 Å². The second-order valence-corrected chi connectivity index (χ2v) is 7.22. The van der Waals surface area contributed by atoms with Crippen LogP contribution in [0, 0.1) is 0 Å². The fraction of sp³-hybridized carbons (Fsp3) is 0.412. The quantitative estimate of drug-likeness (QED) is 0.704. The maximum atomic E-state index is 5.53. The summed E-state index contributed by atoms with van der Waals surface area (Å²) in [5, 5.41) is 5.56. The first-order valence-electron chi connectivity index (χ1n) is 7.64. The Morgan fingerprint density at radius 2 is 1.72 bits per heavy atom. The molecule has 25 heavy (non-hydrogen) atoms. The largest absolute Gasteiger partial charge is 0.495 e. The minimum absolute atomic E-state index is 0. The molecule has 0 aliphatic carbocycles. The summed E-state index contributed by atoms with van der Waals surface area (Å²) in [5.41, 5.74) is 1.20. The molecule has 0 unspecified atom stereocenters. The van der Waals surface area contributed by atoms with E-state index in [-0.39, 0.29) is 30.9 Å². The Morgan fingerprint density at radius 3 is 2.20 bits per heavy atom. The summed E-state index contributed by atoms with van der Waals surface area (Å²) in [6, 6.07) is 8.77. The number of thiophene rings is 1. The standard InChI is InChI=1S/C17H21BrN2O2S.2ClH/c1-21-13-10-12(11-14(22-2)16(13)18)17(15-4-3-9-23-15)20-7-5-19-6-8-20;;/h3-4,9-11,17,19H,5-8H2,1-2H3;2*1H/t17-;;/m0../s1. The van der Waals surface area contributed by atoms with Gasteiger partial charge in [0, 0.05) is 31.1 Å². The molecule has 2 aromatic rings. The molecular weight excluding hydrogens is 447 g/mol. The van der Waals surface area contributed by atoms with E-state index >= 15 is 0 Å². The van der Waals surface area contributed by atoms with Crippen LogP contribution in [0.5, 0.6) is 11.5 Å². The van der Waals surface area contributed by atoms with Crippen LogP contribution in [0.15, 0.2) is 34.1 Å². The minimum atomic E-state index is 0. The van der Waals surface area contributed by atoms with E-state index in [0.717, 1.165) is 42.2 Å². The lowest BCUT2D eigenvalue weighted by Gasteiger charge is -2.35. The first kappa shape index (κ1) is 22.5. The van der Waals surface area contributed by atoms with E-state index < -0.39 is 0 Å². The molecule has 140 valence electrons. The molecule has 1 aliphatic rings. The zero-order valence-electron chi connectivity index (χ0n) is 14.2. The number of ether oxygens (including phenoxy) is 2. The molecule has 0 radical (unpaired) electrons. The van der Waals surface area contributed by atoms with Gasteiger partial charge in [-0.1, -0.05) is 6.07 Å². The molecule has 1 saturated heterocycles. The number of benzene rings is 1. The maximum Gasteiger partial charge on any atom is 0.137 e. The second-order valence-electron chi connectivity index (χ2n) is 5.44. The van der Waals surface area contributed by atoms with E-state index in [0.29, 0.717) is 0 Å². The first-order chi connectivity index (χ1) is 11.2. The Hall–Kier alpha value is -0.500. The van der Waals surface area contributed by atoms with Crippen LogP contribution >= 0.6 is 52.1 Å². The van der Waals surface area contributed by atoms with Gasteiger partial charge in [-0.15, -0.1) is 36.2 Å². The summed E-state index contributed by atoms with van der Waals surface area (Å²) in [6.45, 7) is 4.10. The molecule has 0 saturated carbocycles. The number of hydrogen-bond donors (Lipinski definition) is 1. The normalized spacial score (nSPS) is 15.6. The lowest BCUT2D eigenvalue weighted by molar-refractivity contribution is 0.200. The number of piperazine rings is 1. The molecule has 1 fully saturated rings. The maximum absolute atomic E-state index is 5.53. The zero-order valence-corrected chi connectivity index (χ0v) is 18.2. The molecule has 8 heteroatoms. The molecule has 2 heterocycles. The average molecular weight is 470 g/mol. The van der Waals surface area contributed by atoms with Crippen molar-refractivity contribution in [3.05, 3.63) is 44.6 Å². The fourth-order valence-corrected chi connectivity index (χ4v) is 4.43. The van der Waals surface area contributed by atoms with Crippen molar-refractivity contribution in [2.75, 3.05) is 40.4 Å². The van der Waals surface area contributed by atoms with Crippen LogP contribution in [0.4, 0.5) is 0 Å². The Labute approximate surface area is 173 Å². The van der Waals surface area contributed by atoms with Gasteiger partial charge < -0.3 is 14.8 Å². The number of nitrogens with zero attached hydrogens (tertiary/aromatic N) is 1. The average Bonchev–Trinajstić information content (AvgIpc) is 3.11. The van der Waals surface area contributed by atoms with Crippen LogP contribution in [-0.4, -0.2) is 45.3 Å². The molecule has 1 aromatic carbocycles. The van der Waals surface area contributed by atoms with Crippen LogP contribution in [0.25, 0.3) is 0 Å². The van der Waals surface area contributed by atoms with Gasteiger partial charge in [0.1, 0.15) is 16.0 Å². The molecule has 0 spiro atoms. The van der Waals surface area contributed by atoms with E-state index in [9.17, 15) is 0 Å². The SMILES string of the molecule is COc1cc([C@@H](c2cccs2)N2CCNCC2)cc(OC)c1Br.Cl.Cl. The number of halogens is 3. The van der Waals surface area contributed by atoms with Gasteiger partial charge in [-0.05, 0) is 45.1 Å². The van der Waals surface area contributed by atoms with Gasteiger partial charge in [-0.2, -0.15) is 0 Å². The topological polar surface area (TPSA) is 33.7 Å². The number of rotatable bonds is 5. The van der Waals surface area contributed by atoms with E-state index in [1.165, 1.54) is 10.4 Å². The van der Waals surface area contributed by atoms with Crippen molar-refractivity contribution in [2.24, 2.45) is 0 Å². The summed E-state index contributed by atoms with van der Waals surface area (Å²) in [7, 11) is 3.38. The summed E-state index contributed by atoms with van der Waals surface area (Å²) < 4.78 is 11.9. The molecule has 1 aromatic heterocycles. The van der Waals surface area contributed by atoms with Gasteiger partial charge in [0.15, 0.2) is 0 Å². The lowest BCUT2D eigenvalue weighted by atomic mass is 10.0. The van der Waals surface area contributed by atoms with Gasteiger partial charge in [-0.25, -0.2) is 0 Å². The first-order valence-corrected chi connectivity index (χ1v) is 9.31. The van der Waals surface area contributed by atoms with Gasteiger partial charge in [0.25, 0.3) is 0 Å². The third kappa shape index (κ3) is 5.02. The predicted molar refractivity (Wildman–Crippen MR) is 112 cm³/mol. The van der Waals surface area contributed by atoms with Gasteiger partial charge in [0.05, 0.1) is 20.3 Å². The molecule has 1 N–H and O–H groups in total. The third-order valence-electron chi connectivity index (χ3n) is 4.11. The Morgan fingerprint density at radius 1 is 1.12 bits per heavy atom. The lowest BCUT2D eigenvalue weighted by Crippen LogP contribution is -2.45. The van der Waals surface area contributed by atoms with Crippen molar-refractivity contribution in [1.29, 1.82) is 0 Å². The van der Waals surface area contributed by atoms with Crippen molar-refractivity contribution in [3.63, 3.8) is 0 Å². The molecule has 0 amide bonds. The van der Waals surface area contributed by atoms with Crippen LogP contribution in [0.1, 0.15) is 16.5 Å². The van der Waals surface area contributed by atoms with Crippen molar-refractivity contribution >= 4 is 52.1 Å². The smallest absolute Gasteiger partial charge is 0.137 e. The van der Waals surface area contributed by atoms with Crippen LogP contribution in [0.2, 0.25) is 0 Å². The Bertz CT molecular complexity index is 627. The highest BCUT2D eigenvalue weighted by Crippen LogP contribution is 2.41. The van der Waals surface area contributed by atoms with E-state index in [2.05, 4.69) is 55.8 Å². The molecular formula is C17H23BrCl2N2O2S. The Balaban J connectivity index is 0.00000156. The third-order valence-corrected chi connectivity index (χ3v) is 5.82. The molecule has 0 bridgehead atoms. The van der Waals surface area contributed by atoms with Crippen LogP contribution < -0.4 is 14.8 Å². The Kier molecular flexibility index (Phi) is 9.56. The van der Waals surface area contributed by atoms with Crippen molar-refractivity contribution in [1.82, 2.24) is 10.2 Å². The van der Waals surface area contributed by atoms with Crippen molar-refractivity contribution in [2.45, 2.75) is 6.04 Å². The van der Waals surface area contributed by atoms with Gasteiger partial charge in [0.2, 0.25) is 0 Å². The van der Waals surface area contributed by atoms with Crippen molar-refractivity contribution in [3.8, 4) is 11.5 Å². The second kappa shape index (κ2) is 10.6. The highest BCUT2D eigenvalue weighted by Gasteiger charge is 2.26. The fourth-order valence-electron chi connectivity index (χ4n) is 2.99. The van der Waals surface area contributed by atoms with E-state index in [1.807, 2.05) is 0 Å².